The predicted octanol–water partition coefficient (Wildman–Crippen LogP) is 1.71. The number of amidine groups is 1. The van der Waals surface area contributed by atoms with Crippen molar-refractivity contribution in [2.24, 2.45) is 10.7 Å². The van der Waals surface area contributed by atoms with Crippen LogP contribution in [0.15, 0.2) is 41.9 Å². The molecule has 1 aromatic carbocycles. The highest BCUT2D eigenvalue weighted by molar-refractivity contribution is 5.76. The third kappa shape index (κ3) is 1.81. The van der Waals surface area contributed by atoms with Gasteiger partial charge in [0.2, 0.25) is 0 Å². The van der Waals surface area contributed by atoms with Gasteiger partial charge in [0.25, 0.3) is 6.02 Å². The van der Waals surface area contributed by atoms with E-state index in [-0.39, 0.29) is 11.6 Å². The van der Waals surface area contributed by atoms with Crippen molar-refractivity contribution in [1.82, 2.24) is 9.97 Å². The van der Waals surface area contributed by atoms with Gasteiger partial charge in [0.15, 0.2) is 0 Å². The number of nitrogens with zero attached hydrogens (tertiary/aromatic N) is 3. The molecular weight excluding hydrogens is 264 g/mol. The van der Waals surface area contributed by atoms with Crippen molar-refractivity contribution >= 4 is 6.02 Å². The predicted molar refractivity (Wildman–Crippen MR) is 79.8 cm³/mol. The molecule has 1 spiro atoms. The molecule has 0 saturated carbocycles. The van der Waals surface area contributed by atoms with E-state index in [1.54, 1.807) is 6.33 Å². The molecule has 4 rings (SSSR count). The van der Waals surface area contributed by atoms with Crippen LogP contribution in [-0.4, -0.2) is 27.6 Å². The molecule has 0 amide bonds. The van der Waals surface area contributed by atoms with Gasteiger partial charge in [-0.3, -0.25) is 0 Å². The molecule has 2 heterocycles. The van der Waals surface area contributed by atoms with E-state index in [1.165, 1.54) is 16.7 Å². The molecule has 0 saturated heterocycles. The Labute approximate surface area is 122 Å². The molecule has 2 atom stereocenters. The fourth-order valence-electron chi connectivity index (χ4n) is 3.41. The quantitative estimate of drug-likeness (QED) is 0.863. The topological polar surface area (TPSA) is 73.4 Å². The Bertz CT molecular complexity index is 728. The molecule has 2 aliphatic rings. The van der Waals surface area contributed by atoms with Crippen molar-refractivity contribution in [3.8, 4) is 11.1 Å². The van der Waals surface area contributed by atoms with Crippen LogP contribution < -0.4 is 5.73 Å². The van der Waals surface area contributed by atoms with Gasteiger partial charge in [-0.25, -0.2) is 15.0 Å². The lowest BCUT2D eigenvalue weighted by atomic mass is 9.90. The summed E-state index contributed by atoms with van der Waals surface area (Å²) in [5.41, 5.74) is 10.4. The van der Waals surface area contributed by atoms with Crippen LogP contribution in [0.3, 0.4) is 0 Å². The van der Waals surface area contributed by atoms with Crippen LogP contribution in [0.1, 0.15) is 18.1 Å². The van der Waals surface area contributed by atoms with Crippen LogP contribution in [0.25, 0.3) is 11.1 Å². The maximum absolute atomic E-state index is 5.77. The third-order valence-corrected chi connectivity index (χ3v) is 4.51. The Hall–Kier alpha value is -2.43. The van der Waals surface area contributed by atoms with E-state index in [9.17, 15) is 0 Å². The van der Waals surface area contributed by atoms with Gasteiger partial charge in [-0.2, -0.15) is 0 Å². The summed E-state index contributed by atoms with van der Waals surface area (Å²) >= 11 is 0. The lowest BCUT2D eigenvalue weighted by molar-refractivity contribution is 0.157. The molecule has 21 heavy (non-hydrogen) atoms. The molecule has 0 bridgehead atoms. The van der Waals surface area contributed by atoms with Crippen LogP contribution in [0.4, 0.5) is 0 Å². The van der Waals surface area contributed by atoms with E-state index in [0.717, 1.165) is 18.4 Å². The van der Waals surface area contributed by atoms with Gasteiger partial charge >= 0.3 is 0 Å². The largest absolute Gasteiger partial charge is 0.460 e. The number of nitrogens with two attached hydrogens (primary N) is 1. The van der Waals surface area contributed by atoms with Gasteiger partial charge in [0.1, 0.15) is 18.0 Å². The Morgan fingerprint density at radius 1 is 1.24 bits per heavy atom. The average Bonchev–Trinajstić information content (AvgIpc) is 2.99. The minimum atomic E-state index is -0.252. The Balaban J connectivity index is 1.81. The van der Waals surface area contributed by atoms with Gasteiger partial charge < -0.3 is 10.5 Å². The second-order valence-corrected chi connectivity index (χ2v) is 5.74. The van der Waals surface area contributed by atoms with Gasteiger partial charge in [0.05, 0.1) is 0 Å². The maximum Gasteiger partial charge on any atom is 0.282 e. The van der Waals surface area contributed by atoms with E-state index >= 15 is 0 Å². The van der Waals surface area contributed by atoms with Crippen molar-refractivity contribution in [1.29, 1.82) is 0 Å². The summed E-state index contributed by atoms with van der Waals surface area (Å²) < 4.78 is 5.58. The van der Waals surface area contributed by atoms with Crippen molar-refractivity contribution in [2.45, 2.75) is 31.4 Å². The van der Waals surface area contributed by atoms with Crippen molar-refractivity contribution < 1.29 is 4.74 Å². The summed E-state index contributed by atoms with van der Waals surface area (Å²) in [6, 6.07) is 6.66. The molecule has 5 heteroatoms. The number of benzene rings is 1. The molecule has 106 valence electrons. The SMILES string of the molecule is C[C@H]1OC(N)=N[C@@]12Cc1cccc(-c3cncnc3)c1C2. The van der Waals surface area contributed by atoms with Crippen LogP contribution in [0.5, 0.6) is 0 Å². The highest BCUT2D eigenvalue weighted by Gasteiger charge is 2.48. The number of aliphatic imine (C=N–C) groups is 1. The first-order valence-corrected chi connectivity index (χ1v) is 7.06. The van der Waals surface area contributed by atoms with Crippen molar-refractivity contribution in [3.63, 3.8) is 0 Å². The first-order chi connectivity index (χ1) is 10.2. The summed E-state index contributed by atoms with van der Waals surface area (Å²) in [5, 5.41) is 0. The molecular formula is C16H16N4O. The minimum absolute atomic E-state index is 0.00442. The summed E-state index contributed by atoms with van der Waals surface area (Å²) in [7, 11) is 0. The van der Waals surface area contributed by atoms with Gasteiger partial charge in [0, 0.05) is 30.8 Å². The van der Waals surface area contributed by atoms with Crippen LogP contribution in [0, 0.1) is 0 Å². The summed E-state index contributed by atoms with van der Waals surface area (Å²) in [5.74, 6) is 0. The number of hydrogen-bond acceptors (Lipinski definition) is 5. The Morgan fingerprint density at radius 3 is 2.76 bits per heavy atom. The lowest BCUT2D eigenvalue weighted by Crippen LogP contribution is -2.36. The summed E-state index contributed by atoms with van der Waals surface area (Å²) in [6.07, 6.45) is 6.96. The third-order valence-electron chi connectivity index (χ3n) is 4.51. The maximum atomic E-state index is 5.77. The normalized spacial score (nSPS) is 26.5. The average molecular weight is 280 g/mol. The number of hydrogen-bond donors (Lipinski definition) is 1. The Kier molecular flexibility index (Phi) is 2.51. The smallest absolute Gasteiger partial charge is 0.282 e. The molecule has 2 aromatic rings. The lowest BCUT2D eigenvalue weighted by Gasteiger charge is -2.23. The second kappa shape index (κ2) is 4.28. The van der Waals surface area contributed by atoms with E-state index in [1.807, 2.05) is 19.3 Å². The van der Waals surface area contributed by atoms with Crippen LogP contribution in [-0.2, 0) is 17.6 Å². The highest BCUT2D eigenvalue weighted by Crippen LogP contribution is 2.42. The Morgan fingerprint density at radius 2 is 2.05 bits per heavy atom. The first-order valence-electron chi connectivity index (χ1n) is 7.06. The van der Waals surface area contributed by atoms with Gasteiger partial charge in [-0.15, -0.1) is 0 Å². The standard InChI is InChI=1S/C16H16N4O/c1-10-16(20-15(17)21-10)5-11-3-2-4-13(14(11)6-16)12-7-18-9-19-8-12/h2-4,7-10H,5-6H2,1H3,(H2,17,20)/t10-,16-/m1/s1. The molecule has 0 fully saturated rings. The fraction of sp³-hybridized carbons (Fsp3) is 0.312. The number of fused-ring (bicyclic) bond motifs is 1. The highest BCUT2D eigenvalue weighted by atomic mass is 16.5. The van der Waals surface area contributed by atoms with E-state index < -0.39 is 0 Å². The molecule has 1 aromatic heterocycles. The van der Waals surface area contributed by atoms with E-state index in [0.29, 0.717) is 6.02 Å². The summed E-state index contributed by atoms with van der Waals surface area (Å²) in [4.78, 5) is 12.8. The molecule has 0 radical (unpaired) electrons. The molecule has 1 aliphatic carbocycles. The van der Waals surface area contributed by atoms with Crippen molar-refractivity contribution in [3.05, 3.63) is 48.0 Å². The molecule has 2 N–H and O–H groups in total. The zero-order valence-corrected chi connectivity index (χ0v) is 11.8. The van der Waals surface area contributed by atoms with E-state index in [4.69, 9.17) is 10.5 Å². The molecule has 5 nitrogen and oxygen atoms in total. The van der Waals surface area contributed by atoms with Crippen LogP contribution in [0.2, 0.25) is 0 Å². The fourth-order valence-corrected chi connectivity index (χ4v) is 3.41. The van der Waals surface area contributed by atoms with Gasteiger partial charge in [-0.05, 0) is 23.6 Å². The van der Waals surface area contributed by atoms with E-state index in [2.05, 4.69) is 33.2 Å². The number of aromatic nitrogens is 2. The second-order valence-electron chi connectivity index (χ2n) is 5.74. The first kappa shape index (κ1) is 12.3. The molecule has 0 unspecified atom stereocenters. The van der Waals surface area contributed by atoms with Gasteiger partial charge in [-0.1, -0.05) is 18.2 Å². The molecule has 1 aliphatic heterocycles. The van der Waals surface area contributed by atoms with Crippen molar-refractivity contribution in [2.75, 3.05) is 0 Å². The zero-order chi connectivity index (χ0) is 14.4. The minimum Gasteiger partial charge on any atom is -0.460 e. The summed E-state index contributed by atoms with van der Waals surface area (Å²) in [6.45, 7) is 2.04. The number of ether oxygens (including phenoxy) is 1. The number of rotatable bonds is 1. The van der Waals surface area contributed by atoms with Crippen LogP contribution >= 0.6 is 0 Å². The zero-order valence-electron chi connectivity index (χ0n) is 11.8. The monoisotopic (exact) mass is 280 g/mol.